The SMILES string of the molecule is CC1CN(C(=O)c2cccn2CC(F)(F)F)CC1C(=O)O. The fraction of sp³-hybridized carbons (Fsp3) is 0.538. The van der Waals surface area contributed by atoms with Crippen LogP contribution in [0.3, 0.4) is 0 Å². The molecule has 1 fully saturated rings. The molecule has 1 aliphatic rings. The Labute approximate surface area is 119 Å². The van der Waals surface area contributed by atoms with E-state index in [-0.39, 0.29) is 24.7 Å². The molecule has 1 amide bonds. The number of hydrogen-bond acceptors (Lipinski definition) is 2. The topological polar surface area (TPSA) is 62.5 Å². The van der Waals surface area contributed by atoms with Gasteiger partial charge < -0.3 is 14.6 Å². The average molecular weight is 304 g/mol. The third-order valence-corrected chi connectivity index (χ3v) is 3.62. The molecular formula is C13H15F3N2O3. The van der Waals surface area contributed by atoms with Gasteiger partial charge in [0.25, 0.3) is 5.91 Å². The summed E-state index contributed by atoms with van der Waals surface area (Å²) in [5.74, 6) is -2.47. The van der Waals surface area contributed by atoms with Crippen molar-refractivity contribution in [3.8, 4) is 0 Å². The average Bonchev–Trinajstić information content (AvgIpc) is 2.92. The highest BCUT2D eigenvalue weighted by molar-refractivity contribution is 5.93. The molecule has 5 nitrogen and oxygen atoms in total. The van der Waals surface area contributed by atoms with Gasteiger partial charge in [0.1, 0.15) is 12.2 Å². The normalized spacial score (nSPS) is 22.6. The molecule has 0 bridgehead atoms. The van der Waals surface area contributed by atoms with E-state index >= 15 is 0 Å². The number of hydrogen-bond donors (Lipinski definition) is 1. The Kier molecular flexibility index (Phi) is 3.97. The molecule has 2 unspecified atom stereocenters. The lowest BCUT2D eigenvalue weighted by Gasteiger charge is -2.18. The van der Waals surface area contributed by atoms with Crippen LogP contribution >= 0.6 is 0 Å². The first-order valence-corrected chi connectivity index (χ1v) is 6.43. The Morgan fingerprint density at radius 3 is 2.57 bits per heavy atom. The third-order valence-electron chi connectivity index (χ3n) is 3.62. The van der Waals surface area contributed by atoms with Crippen molar-refractivity contribution < 1.29 is 27.9 Å². The summed E-state index contributed by atoms with van der Waals surface area (Å²) < 4.78 is 38.2. The van der Waals surface area contributed by atoms with Gasteiger partial charge in [0, 0.05) is 19.3 Å². The Balaban J connectivity index is 2.15. The highest BCUT2D eigenvalue weighted by atomic mass is 19.4. The highest BCUT2D eigenvalue weighted by Gasteiger charge is 2.38. The maximum absolute atomic E-state index is 12.4. The van der Waals surface area contributed by atoms with Gasteiger partial charge in [0.15, 0.2) is 0 Å². The summed E-state index contributed by atoms with van der Waals surface area (Å²) in [7, 11) is 0. The van der Waals surface area contributed by atoms with Gasteiger partial charge in [-0.3, -0.25) is 9.59 Å². The second-order valence-corrected chi connectivity index (χ2v) is 5.27. The molecule has 0 spiro atoms. The van der Waals surface area contributed by atoms with Crippen LogP contribution < -0.4 is 0 Å². The molecule has 1 aliphatic heterocycles. The number of carbonyl (C=O) groups excluding carboxylic acids is 1. The molecule has 2 heterocycles. The maximum Gasteiger partial charge on any atom is 0.406 e. The van der Waals surface area contributed by atoms with Gasteiger partial charge in [0.2, 0.25) is 0 Å². The minimum absolute atomic E-state index is 0.0204. The molecular weight excluding hydrogens is 289 g/mol. The van der Waals surface area contributed by atoms with Gasteiger partial charge >= 0.3 is 12.1 Å². The Bertz CT molecular complexity index is 553. The number of rotatable bonds is 3. The van der Waals surface area contributed by atoms with Crippen molar-refractivity contribution in [3.05, 3.63) is 24.0 Å². The zero-order valence-electron chi connectivity index (χ0n) is 11.3. The predicted molar refractivity (Wildman–Crippen MR) is 66.7 cm³/mol. The molecule has 0 aliphatic carbocycles. The number of carbonyl (C=O) groups is 2. The van der Waals surface area contributed by atoms with Gasteiger partial charge in [-0.25, -0.2) is 0 Å². The standard InChI is InChI=1S/C13H15F3N2O3/c1-8-5-18(6-9(8)12(20)21)11(19)10-3-2-4-17(10)7-13(14,15)16/h2-4,8-9H,5-7H2,1H3,(H,20,21). The lowest BCUT2D eigenvalue weighted by atomic mass is 9.99. The molecule has 8 heteroatoms. The van der Waals surface area contributed by atoms with Crippen LogP contribution in [0.4, 0.5) is 13.2 Å². The van der Waals surface area contributed by atoms with Crippen LogP contribution in [0.25, 0.3) is 0 Å². The number of carboxylic acid groups (broad SMARTS) is 1. The van der Waals surface area contributed by atoms with Crippen LogP contribution in [0, 0.1) is 11.8 Å². The maximum atomic E-state index is 12.4. The molecule has 0 aromatic carbocycles. The smallest absolute Gasteiger partial charge is 0.406 e. The van der Waals surface area contributed by atoms with Crippen molar-refractivity contribution in [2.45, 2.75) is 19.6 Å². The van der Waals surface area contributed by atoms with Gasteiger partial charge in [-0.15, -0.1) is 0 Å². The monoisotopic (exact) mass is 304 g/mol. The van der Waals surface area contributed by atoms with E-state index in [2.05, 4.69) is 0 Å². The van der Waals surface area contributed by atoms with Crippen molar-refractivity contribution in [2.24, 2.45) is 11.8 Å². The molecule has 2 atom stereocenters. The van der Waals surface area contributed by atoms with Gasteiger partial charge in [0.05, 0.1) is 5.92 Å². The number of halogens is 3. The summed E-state index contributed by atoms with van der Waals surface area (Å²) in [6.45, 7) is 0.715. The number of likely N-dealkylation sites (tertiary alicyclic amines) is 1. The molecule has 1 N–H and O–H groups in total. The van der Waals surface area contributed by atoms with E-state index in [1.807, 2.05) is 0 Å². The van der Waals surface area contributed by atoms with Crippen LogP contribution in [-0.2, 0) is 11.3 Å². The lowest BCUT2D eigenvalue weighted by molar-refractivity contribution is -0.142. The number of alkyl halides is 3. The van der Waals surface area contributed by atoms with E-state index < -0.39 is 30.5 Å². The van der Waals surface area contributed by atoms with Crippen LogP contribution in [0.2, 0.25) is 0 Å². The van der Waals surface area contributed by atoms with E-state index in [1.165, 1.54) is 23.2 Å². The second kappa shape index (κ2) is 5.42. The minimum atomic E-state index is -4.42. The van der Waals surface area contributed by atoms with Crippen LogP contribution in [0.1, 0.15) is 17.4 Å². The van der Waals surface area contributed by atoms with Crippen molar-refractivity contribution >= 4 is 11.9 Å². The van der Waals surface area contributed by atoms with Crippen molar-refractivity contribution in [2.75, 3.05) is 13.1 Å². The second-order valence-electron chi connectivity index (χ2n) is 5.27. The van der Waals surface area contributed by atoms with E-state index in [1.54, 1.807) is 6.92 Å². The first kappa shape index (κ1) is 15.4. The molecule has 0 saturated carbocycles. The molecule has 1 aromatic heterocycles. The molecule has 0 radical (unpaired) electrons. The first-order valence-electron chi connectivity index (χ1n) is 6.43. The number of nitrogens with zero attached hydrogens (tertiary/aromatic N) is 2. The van der Waals surface area contributed by atoms with Crippen LogP contribution in [-0.4, -0.2) is 45.7 Å². The van der Waals surface area contributed by atoms with Gasteiger partial charge in [-0.1, -0.05) is 6.92 Å². The predicted octanol–water partition coefficient (Wildman–Crippen LogP) is 1.84. The zero-order valence-corrected chi connectivity index (χ0v) is 11.3. The Hall–Kier alpha value is -1.99. The molecule has 116 valence electrons. The number of amides is 1. The number of carboxylic acids is 1. The van der Waals surface area contributed by atoms with Crippen molar-refractivity contribution in [3.63, 3.8) is 0 Å². The van der Waals surface area contributed by atoms with E-state index in [4.69, 9.17) is 5.11 Å². The zero-order chi connectivity index (χ0) is 15.8. The van der Waals surface area contributed by atoms with E-state index in [9.17, 15) is 22.8 Å². The molecule has 1 saturated heterocycles. The van der Waals surface area contributed by atoms with Crippen LogP contribution in [0.5, 0.6) is 0 Å². The summed E-state index contributed by atoms with van der Waals surface area (Å²) in [5, 5.41) is 9.03. The van der Waals surface area contributed by atoms with E-state index in [0.29, 0.717) is 0 Å². The van der Waals surface area contributed by atoms with Gasteiger partial charge in [-0.2, -0.15) is 13.2 Å². The minimum Gasteiger partial charge on any atom is -0.481 e. The lowest BCUT2D eigenvalue weighted by Crippen LogP contribution is -2.32. The van der Waals surface area contributed by atoms with Gasteiger partial charge in [-0.05, 0) is 18.1 Å². The largest absolute Gasteiger partial charge is 0.481 e. The Morgan fingerprint density at radius 1 is 1.38 bits per heavy atom. The molecule has 2 rings (SSSR count). The summed E-state index contributed by atoms with van der Waals surface area (Å²) in [6.07, 6.45) is -3.23. The fourth-order valence-electron chi connectivity index (χ4n) is 2.56. The number of aliphatic carboxylic acids is 1. The summed E-state index contributed by atoms with van der Waals surface area (Å²) in [6, 6.07) is 2.68. The van der Waals surface area contributed by atoms with Crippen molar-refractivity contribution in [1.29, 1.82) is 0 Å². The Morgan fingerprint density at radius 2 is 2.05 bits per heavy atom. The summed E-state index contributed by atoms with van der Waals surface area (Å²) >= 11 is 0. The quantitative estimate of drug-likeness (QED) is 0.927. The van der Waals surface area contributed by atoms with Crippen LogP contribution in [0.15, 0.2) is 18.3 Å². The molecule has 21 heavy (non-hydrogen) atoms. The first-order chi connectivity index (χ1) is 9.69. The van der Waals surface area contributed by atoms with E-state index in [0.717, 1.165) is 4.57 Å². The molecule has 1 aromatic rings. The summed E-state index contributed by atoms with van der Waals surface area (Å²) in [5.41, 5.74) is -0.0782. The fourth-order valence-corrected chi connectivity index (χ4v) is 2.56. The highest BCUT2D eigenvalue weighted by Crippen LogP contribution is 2.26. The summed E-state index contributed by atoms with van der Waals surface area (Å²) in [4.78, 5) is 24.6. The van der Waals surface area contributed by atoms with Crippen molar-refractivity contribution in [1.82, 2.24) is 9.47 Å². The number of aromatic nitrogens is 1. The third kappa shape index (κ3) is 3.37.